The van der Waals surface area contributed by atoms with Crippen LogP contribution in [0.15, 0.2) is 0 Å². The van der Waals surface area contributed by atoms with Crippen LogP contribution >= 0.6 is 0 Å². The van der Waals surface area contributed by atoms with E-state index in [0.717, 1.165) is 25.9 Å². The minimum Gasteiger partial charge on any atom is -0.481 e. The molecule has 1 aliphatic heterocycles. The summed E-state index contributed by atoms with van der Waals surface area (Å²) in [5, 5.41) is 12.9. The maximum absolute atomic E-state index is 11.5. The highest BCUT2D eigenvalue weighted by Crippen LogP contribution is 2.59. The van der Waals surface area contributed by atoms with E-state index in [1.54, 1.807) is 0 Å². The molecule has 2 aliphatic carbocycles. The number of carboxylic acids is 1. The maximum Gasteiger partial charge on any atom is 0.306 e. The minimum absolute atomic E-state index is 0.0431. The number of piperidine rings is 1. The molecule has 0 aromatic heterocycles. The second kappa shape index (κ2) is 4.27. The highest BCUT2D eigenvalue weighted by atomic mass is 16.4. The highest BCUT2D eigenvalue weighted by molar-refractivity contribution is 5.71. The van der Waals surface area contributed by atoms with Gasteiger partial charge in [-0.2, -0.15) is 0 Å². The molecule has 2 saturated carbocycles. The molecule has 0 radical (unpaired) electrons. The van der Waals surface area contributed by atoms with Crippen LogP contribution in [0, 0.1) is 23.2 Å². The van der Waals surface area contributed by atoms with Crippen molar-refractivity contribution in [3.05, 3.63) is 0 Å². The fourth-order valence-corrected chi connectivity index (χ4v) is 4.91. The molecule has 3 fully saturated rings. The second-order valence-electron chi connectivity index (χ2n) is 6.32. The van der Waals surface area contributed by atoms with Crippen molar-refractivity contribution in [1.82, 2.24) is 5.32 Å². The Bertz CT molecular complexity index is 309. The standard InChI is InChI=1S/C14H23NO2/c16-13(17)11-9-14(5-7-15-8-6-14)12-4-2-1-3-10(11)12/h10-12,15H,1-9H2,(H,16,17)/t10-,11-,12+/m1/s1. The molecule has 0 unspecified atom stereocenters. The van der Waals surface area contributed by atoms with Gasteiger partial charge >= 0.3 is 5.97 Å². The third-order valence-corrected chi connectivity index (χ3v) is 5.67. The van der Waals surface area contributed by atoms with Crippen LogP contribution in [0.4, 0.5) is 0 Å². The van der Waals surface area contributed by atoms with Crippen molar-refractivity contribution >= 4 is 5.97 Å². The lowest BCUT2D eigenvalue weighted by Gasteiger charge is -2.42. The molecule has 1 heterocycles. The molecule has 1 saturated heterocycles. The van der Waals surface area contributed by atoms with E-state index in [0.29, 0.717) is 17.3 Å². The van der Waals surface area contributed by atoms with Gasteiger partial charge in [-0.15, -0.1) is 0 Å². The third-order valence-electron chi connectivity index (χ3n) is 5.67. The Morgan fingerprint density at radius 1 is 1.18 bits per heavy atom. The van der Waals surface area contributed by atoms with Gasteiger partial charge in [-0.1, -0.05) is 12.8 Å². The van der Waals surface area contributed by atoms with Gasteiger partial charge in [0, 0.05) is 0 Å². The molecule has 0 amide bonds. The lowest BCUT2D eigenvalue weighted by atomic mass is 9.65. The summed E-state index contributed by atoms with van der Waals surface area (Å²) >= 11 is 0. The van der Waals surface area contributed by atoms with Crippen LogP contribution in [0.25, 0.3) is 0 Å². The van der Waals surface area contributed by atoms with Crippen molar-refractivity contribution in [2.24, 2.45) is 23.2 Å². The number of carboxylic acid groups (broad SMARTS) is 1. The zero-order valence-electron chi connectivity index (χ0n) is 10.5. The first kappa shape index (κ1) is 11.5. The van der Waals surface area contributed by atoms with Crippen LogP contribution in [0.3, 0.4) is 0 Å². The molecule has 3 nitrogen and oxygen atoms in total. The van der Waals surface area contributed by atoms with E-state index in [9.17, 15) is 9.90 Å². The molecule has 1 spiro atoms. The summed E-state index contributed by atoms with van der Waals surface area (Å²) < 4.78 is 0. The molecule has 0 aromatic rings. The molecular weight excluding hydrogens is 214 g/mol. The number of fused-ring (bicyclic) bond motifs is 2. The van der Waals surface area contributed by atoms with E-state index >= 15 is 0 Å². The Morgan fingerprint density at radius 3 is 2.59 bits per heavy atom. The Labute approximate surface area is 103 Å². The van der Waals surface area contributed by atoms with Gasteiger partial charge in [0.05, 0.1) is 5.92 Å². The third kappa shape index (κ3) is 1.79. The Balaban J connectivity index is 1.87. The highest BCUT2D eigenvalue weighted by Gasteiger charge is 2.55. The van der Waals surface area contributed by atoms with Crippen LogP contribution in [0.2, 0.25) is 0 Å². The van der Waals surface area contributed by atoms with Crippen LogP contribution in [-0.4, -0.2) is 24.2 Å². The fourth-order valence-electron chi connectivity index (χ4n) is 4.91. The Hall–Kier alpha value is -0.570. The van der Waals surface area contributed by atoms with E-state index in [2.05, 4.69) is 5.32 Å². The minimum atomic E-state index is -0.530. The van der Waals surface area contributed by atoms with E-state index in [1.165, 1.54) is 32.1 Å². The molecule has 96 valence electrons. The summed E-state index contributed by atoms with van der Waals surface area (Å²) in [6.45, 7) is 2.19. The van der Waals surface area contributed by atoms with Gasteiger partial charge in [-0.3, -0.25) is 4.79 Å². The summed E-state index contributed by atoms with van der Waals surface area (Å²) in [6, 6.07) is 0. The van der Waals surface area contributed by atoms with Crippen LogP contribution in [-0.2, 0) is 4.79 Å². The summed E-state index contributed by atoms with van der Waals surface area (Å²) in [6.07, 6.45) is 8.39. The van der Waals surface area contributed by atoms with Gasteiger partial charge in [0.1, 0.15) is 0 Å². The number of hydrogen-bond donors (Lipinski definition) is 2. The van der Waals surface area contributed by atoms with E-state index in [1.807, 2.05) is 0 Å². The maximum atomic E-state index is 11.5. The molecule has 0 aromatic carbocycles. The summed E-state index contributed by atoms with van der Waals surface area (Å²) in [7, 11) is 0. The van der Waals surface area contributed by atoms with E-state index < -0.39 is 5.97 Å². The second-order valence-corrected chi connectivity index (χ2v) is 6.32. The zero-order chi connectivity index (χ0) is 11.9. The van der Waals surface area contributed by atoms with Crippen LogP contribution in [0.5, 0.6) is 0 Å². The van der Waals surface area contributed by atoms with Gasteiger partial charge in [-0.25, -0.2) is 0 Å². The fraction of sp³-hybridized carbons (Fsp3) is 0.929. The van der Waals surface area contributed by atoms with Crippen molar-refractivity contribution in [1.29, 1.82) is 0 Å². The zero-order valence-corrected chi connectivity index (χ0v) is 10.5. The largest absolute Gasteiger partial charge is 0.481 e. The molecule has 17 heavy (non-hydrogen) atoms. The first-order valence-electron chi connectivity index (χ1n) is 7.16. The lowest BCUT2D eigenvalue weighted by Crippen LogP contribution is -2.40. The van der Waals surface area contributed by atoms with Gasteiger partial charge < -0.3 is 10.4 Å². The van der Waals surface area contributed by atoms with Crippen molar-refractivity contribution in [2.75, 3.05) is 13.1 Å². The molecule has 2 N–H and O–H groups in total. The number of carbonyl (C=O) groups is 1. The van der Waals surface area contributed by atoms with Crippen molar-refractivity contribution in [3.8, 4) is 0 Å². The van der Waals surface area contributed by atoms with Gasteiger partial charge in [-0.05, 0) is 62.4 Å². The smallest absolute Gasteiger partial charge is 0.306 e. The first-order chi connectivity index (χ1) is 8.23. The summed E-state index contributed by atoms with van der Waals surface area (Å²) in [5.41, 5.74) is 0.374. The summed E-state index contributed by atoms with van der Waals surface area (Å²) in [4.78, 5) is 11.5. The summed E-state index contributed by atoms with van der Waals surface area (Å²) in [5.74, 6) is 0.620. The average molecular weight is 237 g/mol. The SMILES string of the molecule is O=C(O)[C@@H]1CC2(CCNCC2)[C@H]2CCCC[C@H]12. The Morgan fingerprint density at radius 2 is 1.88 bits per heavy atom. The van der Waals surface area contributed by atoms with Crippen LogP contribution in [0.1, 0.15) is 44.9 Å². The molecular formula is C14H23NO2. The number of aliphatic carboxylic acids is 1. The predicted molar refractivity (Wildman–Crippen MR) is 65.7 cm³/mol. The van der Waals surface area contributed by atoms with Gasteiger partial charge in [0.2, 0.25) is 0 Å². The average Bonchev–Trinajstić information content (AvgIpc) is 2.66. The molecule has 3 aliphatic rings. The molecule has 3 atom stereocenters. The van der Waals surface area contributed by atoms with Gasteiger partial charge in [0.15, 0.2) is 0 Å². The molecule has 3 rings (SSSR count). The van der Waals surface area contributed by atoms with E-state index in [4.69, 9.17) is 0 Å². The normalized spacial score (nSPS) is 40.1. The monoisotopic (exact) mass is 237 g/mol. The van der Waals surface area contributed by atoms with Crippen molar-refractivity contribution in [2.45, 2.75) is 44.9 Å². The van der Waals surface area contributed by atoms with Crippen molar-refractivity contribution in [3.63, 3.8) is 0 Å². The molecule has 3 heteroatoms. The predicted octanol–water partition coefficient (Wildman–Crippen LogP) is 2.27. The van der Waals surface area contributed by atoms with Crippen molar-refractivity contribution < 1.29 is 9.90 Å². The molecule has 0 bridgehead atoms. The lowest BCUT2D eigenvalue weighted by molar-refractivity contribution is -0.143. The van der Waals surface area contributed by atoms with E-state index in [-0.39, 0.29) is 5.92 Å². The number of hydrogen-bond acceptors (Lipinski definition) is 2. The van der Waals surface area contributed by atoms with Crippen LogP contribution < -0.4 is 5.32 Å². The number of rotatable bonds is 1. The number of nitrogens with one attached hydrogen (secondary N) is 1. The quantitative estimate of drug-likeness (QED) is 0.735. The first-order valence-corrected chi connectivity index (χ1v) is 7.16. The topological polar surface area (TPSA) is 49.3 Å². The Kier molecular flexibility index (Phi) is 2.89. The van der Waals surface area contributed by atoms with Gasteiger partial charge in [0.25, 0.3) is 0 Å².